The largest absolute Gasteiger partial charge is 0.489 e. The number of imide groups is 1. The van der Waals surface area contributed by atoms with E-state index < -0.39 is 0 Å². The maximum Gasteiger partial charge on any atom is 0.238 e. The van der Waals surface area contributed by atoms with Crippen molar-refractivity contribution >= 4 is 29.1 Å². The van der Waals surface area contributed by atoms with Crippen molar-refractivity contribution < 1.29 is 14.3 Å². The third-order valence-electron chi connectivity index (χ3n) is 5.86. The number of hydrogen-bond acceptors (Lipinski definition) is 3. The Morgan fingerprint density at radius 3 is 2.26 bits per heavy atom. The summed E-state index contributed by atoms with van der Waals surface area (Å²) in [4.78, 5) is 27.0. The fraction of sp³-hybridized carbons (Fsp3) is 0.273. The van der Waals surface area contributed by atoms with E-state index in [9.17, 15) is 9.59 Å². The Labute approximate surface area is 162 Å². The van der Waals surface area contributed by atoms with Gasteiger partial charge in [0.05, 0.1) is 17.5 Å². The molecule has 2 amide bonds. The van der Waals surface area contributed by atoms with Gasteiger partial charge in [-0.2, -0.15) is 0 Å². The minimum atomic E-state index is -0.175. The van der Waals surface area contributed by atoms with Gasteiger partial charge in [0.1, 0.15) is 12.4 Å². The van der Waals surface area contributed by atoms with Crippen LogP contribution in [-0.2, 0) is 16.2 Å². The molecule has 2 aliphatic carbocycles. The van der Waals surface area contributed by atoms with E-state index >= 15 is 0 Å². The SMILES string of the molecule is O=C1[C@@H]2[C@H](C(=O)N1c1ccc(OCc3cccc(Cl)c3)cc1)[C@H]1C=C[C@H]2C1. The molecule has 136 valence electrons. The van der Waals surface area contributed by atoms with Gasteiger partial charge in [-0.3, -0.25) is 14.5 Å². The summed E-state index contributed by atoms with van der Waals surface area (Å²) >= 11 is 5.98. The number of amides is 2. The van der Waals surface area contributed by atoms with Crippen molar-refractivity contribution in [2.45, 2.75) is 13.0 Å². The lowest BCUT2D eigenvalue weighted by Crippen LogP contribution is -2.32. The number of hydrogen-bond donors (Lipinski definition) is 0. The second-order valence-electron chi connectivity index (χ2n) is 7.42. The average Bonchev–Trinajstić information content (AvgIpc) is 3.35. The fourth-order valence-corrected chi connectivity index (χ4v) is 4.85. The molecule has 2 fully saturated rings. The molecule has 2 aromatic carbocycles. The molecule has 1 aliphatic heterocycles. The first kappa shape index (κ1) is 16.6. The van der Waals surface area contributed by atoms with Gasteiger partial charge >= 0.3 is 0 Å². The van der Waals surface area contributed by atoms with Crippen LogP contribution < -0.4 is 9.64 Å². The van der Waals surface area contributed by atoms with Gasteiger partial charge in [0.25, 0.3) is 0 Å². The highest BCUT2D eigenvalue weighted by Crippen LogP contribution is 2.53. The van der Waals surface area contributed by atoms with Gasteiger partial charge in [-0.15, -0.1) is 0 Å². The Balaban J connectivity index is 1.31. The molecule has 1 heterocycles. The molecule has 1 saturated heterocycles. The van der Waals surface area contributed by atoms with Gasteiger partial charge in [-0.25, -0.2) is 0 Å². The highest BCUT2D eigenvalue weighted by Gasteiger charge is 2.59. The van der Waals surface area contributed by atoms with Crippen molar-refractivity contribution in [3.63, 3.8) is 0 Å². The summed E-state index contributed by atoms with van der Waals surface area (Å²) in [6, 6.07) is 14.7. The van der Waals surface area contributed by atoms with Crippen LogP contribution in [0.5, 0.6) is 5.75 Å². The maximum absolute atomic E-state index is 12.8. The number of allylic oxidation sites excluding steroid dienone is 2. The summed E-state index contributed by atoms with van der Waals surface area (Å²) in [5, 5.41) is 0.673. The minimum absolute atomic E-state index is 0.0607. The molecule has 4 atom stereocenters. The van der Waals surface area contributed by atoms with Crippen molar-refractivity contribution in [1.82, 2.24) is 0 Å². The van der Waals surface area contributed by atoms with E-state index in [4.69, 9.17) is 16.3 Å². The number of rotatable bonds is 4. The Morgan fingerprint density at radius 1 is 0.963 bits per heavy atom. The summed E-state index contributed by atoms with van der Waals surface area (Å²) in [6.07, 6.45) is 5.15. The summed E-state index contributed by atoms with van der Waals surface area (Å²) in [7, 11) is 0. The predicted molar refractivity (Wildman–Crippen MR) is 102 cm³/mol. The molecule has 5 heteroatoms. The van der Waals surface area contributed by atoms with Crippen LogP contribution in [0.4, 0.5) is 5.69 Å². The average molecular weight is 380 g/mol. The number of carbonyl (C=O) groups is 2. The standard InChI is InChI=1S/C22H18ClNO3/c23-16-3-1-2-13(10-16)12-27-18-8-6-17(7-9-18)24-21(25)19-14-4-5-15(11-14)20(19)22(24)26/h1-10,14-15,19-20H,11-12H2/t14-,15-,19-,20+/m0/s1. The maximum atomic E-state index is 12.8. The summed E-state index contributed by atoms with van der Waals surface area (Å²) < 4.78 is 5.78. The van der Waals surface area contributed by atoms with Crippen molar-refractivity contribution in [1.29, 1.82) is 0 Å². The van der Waals surface area contributed by atoms with Crippen molar-refractivity contribution in [2.75, 3.05) is 4.90 Å². The van der Waals surface area contributed by atoms with Crippen molar-refractivity contribution in [2.24, 2.45) is 23.7 Å². The summed E-state index contributed by atoms with van der Waals surface area (Å²) in [6.45, 7) is 0.403. The van der Waals surface area contributed by atoms with E-state index in [1.54, 1.807) is 24.3 Å². The molecule has 0 spiro atoms. The van der Waals surface area contributed by atoms with E-state index in [0.29, 0.717) is 23.1 Å². The Morgan fingerprint density at radius 2 is 1.63 bits per heavy atom. The molecule has 2 aromatic rings. The smallest absolute Gasteiger partial charge is 0.238 e. The Kier molecular flexibility index (Phi) is 3.83. The molecule has 0 radical (unpaired) electrons. The molecule has 4 nitrogen and oxygen atoms in total. The molecule has 2 bridgehead atoms. The number of benzene rings is 2. The molecule has 3 aliphatic rings. The zero-order chi connectivity index (χ0) is 18.5. The van der Waals surface area contributed by atoms with Crippen LogP contribution in [0.25, 0.3) is 0 Å². The first-order chi connectivity index (χ1) is 13.1. The van der Waals surface area contributed by atoms with Crippen molar-refractivity contribution in [3.8, 4) is 5.75 Å². The topological polar surface area (TPSA) is 46.6 Å². The monoisotopic (exact) mass is 379 g/mol. The van der Waals surface area contributed by atoms with Gasteiger partial charge in [-0.1, -0.05) is 35.9 Å². The van der Waals surface area contributed by atoms with Crippen LogP contribution >= 0.6 is 11.6 Å². The van der Waals surface area contributed by atoms with Crippen LogP contribution in [0.1, 0.15) is 12.0 Å². The fourth-order valence-electron chi connectivity index (χ4n) is 4.64. The second kappa shape index (κ2) is 6.24. The van der Waals surface area contributed by atoms with E-state index in [-0.39, 0.29) is 35.5 Å². The number of fused-ring (bicyclic) bond motifs is 5. The number of carbonyl (C=O) groups excluding carboxylic acids is 2. The highest BCUT2D eigenvalue weighted by molar-refractivity contribution is 6.30. The van der Waals surface area contributed by atoms with Gasteiger partial charge in [0, 0.05) is 5.02 Å². The predicted octanol–water partition coefficient (Wildman–Crippen LogP) is 4.23. The summed E-state index contributed by atoms with van der Waals surface area (Å²) in [5.41, 5.74) is 1.60. The molecule has 0 unspecified atom stereocenters. The van der Waals surface area contributed by atoms with Gasteiger partial charge in [-0.05, 0) is 60.2 Å². The lowest BCUT2D eigenvalue weighted by molar-refractivity contribution is -0.123. The summed E-state index contributed by atoms with van der Waals surface area (Å²) in [5.74, 6) is 0.657. The van der Waals surface area contributed by atoms with E-state index in [1.807, 2.05) is 24.3 Å². The Hall–Kier alpha value is -2.59. The molecule has 0 N–H and O–H groups in total. The van der Waals surface area contributed by atoms with Crippen LogP contribution in [0, 0.1) is 23.7 Å². The zero-order valence-electron chi connectivity index (χ0n) is 14.5. The van der Waals surface area contributed by atoms with Gasteiger partial charge in [0.15, 0.2) is 0 Å². The van der Waals surface area contributed by atoms with E-state index in [2.05, 4.69) is 12.2 Å². The van der Waals surface area contributed by atoms with E-state index in [1.165, 1.54) is 4.90 Å². The number of nitrogens with zero attached hydrogens (tertiary/aromatic N) is 1. The third kappa shape index (κ3) is 2.67. The lowest BCUT2D eigenvalue weighted by atomic mass is 9.85. The molecule has 27 heavy (non-hydrogen) atoms. The van der Waals surface area contributed by atoms with Crippen LogP contribution in [0.3, 0.4) is 0 Å². The molecular formula is C22H18ClNO3. The molecular weight excluding hydrogens is 362 g/mol. The lowest BCUT2D eigenvalue weighted by Gasteiger charge is -2.17. The van der Waals surface area contributed by atoms with Crippen LogP contribution in [-0.4, -0.2) is 11.8 Å². The number of anilines is 1. The van der Waals surface area contributed by atoms with Crippen LogP contribution in [0.15, 0.2) is 60.7 Å². The molecule has 5 rings (SSSR count). The normalized spacial score (nSPS) is 28.1. The number of ether oxygens (including phenoxy) is 1. The quantitative estimate of drug-likeness (QED) is 0.590. The van der Waals surface area contributed by atoms with Gasteiger partial charge < -0.3 is 4.74 Å². The molecule has 0 aromatic heterocycles. The second-order valence-corrected chi connectivity index (χ2v) is 7.86. The molecule has 1 saturated carbocycles. The van der Waals surface area contributed by atoms with Gasteiger partial charge in [0.2, 0.25) is 11.8 Å². The number of halogens is 1. The van der Waals surface area contributed by atoms with E-state index in [0.717, 1.165) is 12.0 Å². The third-order valence-corrected chi connectivity index (χ3v) is 6.09. The van der Waals surface area contributed by atoms with Crippen LogP contribution in [0.2, 0.25) is 5.02 Å². The first-order valence-corrected chi connectivity index (χ1v) is 9.53. The zero-order valence-corrected chi connectivity index (χ0v) is 15.3. The highest BCUT2D eigenvalue weighted by atomic mass is 35.5. The minimum Gasteiger partial charge on any atom is -0.489 e. The Bertz CT molecular complexity index is 922. The van der Waals surface area contributed by atoms with Crippen molar-refractivity contribution in [3.05, 3.63) is 71.3 Å². The first-order valence-electron chi connectivity index (χ1n) is 9.15.